The molecule has 0 radical (unpaired) electrons. The molecule has 0 spiro atoms. The molecule has 1 saturated carbocycles. The van der Waals surface area contributed by atoms with Gasteiger partial charge in [-0.3, -0.25) is 0 Å². The minimum absolute atomic E-state index is 0. The molecule has 0 heterocycles. The van der Waals surface area contributed by atoms with Gasteiger partial charge in [-0.25, -0.2) is 17.9 Å². The third-order valence-electron chi connectivity index (χ3n) is 4.30. The van der Waals surface area contributed by atoms with Gasteiger partial charge in [0, 0.05) is 12.1 Å². The minimum Gasteiger partial charge on any atom is -0.465 e. The van der Waals surface area contributed by atoms with Crippen molar-refractivity contribution in [2.45, 2.75) is 49.0 Å². The van der Waals surface area contributed by atoms with E-state index in [1.807, 2.05) is 0 Å². The second-order valence-corrected chi connectivity index (χ2v) is 7.82. The van der Waals surface area contributed by atoms with Crippen molar-refractivity contribution in [3.63, 3.8) is 0 Å². The highest BCUT2D eigenvalue weighted by molar-refractivity contribution is 7.89. The van der Waals surface area contributed by atoms with E-state index in [1.165, 1.54) is 19.2 Å². The number of hydrogen-bond acceptors (Lipinski definition) is 5. The topological polar surface area (TPSA) is 98.5 Å². The fraction of sp³-hybridized carbons (Fsp3) is 0.562. The van der Waals surface area contributed by atoms with Crippen molar-refractivity contribution >= 4 is 28.4 Å². The van der Waals surface area contributed by atoms with Crippen molar-refractivity contribution in [3.8, 4) is 0 Å². The molecule has 1 fully saturated rings. The van der Waals surface area contributed by atoms with Crippen LogP contribution in [0.3, 0.4) is 0 Å². The third kappa shape index (κ3) is 5.17. The van der Waals surface area contributed by atoms with Gasteiger partial charge in [0.25, 0.3) is 0 Å². The zero-order valence-corrected chi connectivity index (χ0v) is 15.4. The summed E-state index contributed by atoms with van der Waals surface area (Å²) in [5.41, 5.74) is 5.85. The normalized spacial score (nSPS) is 17.4. The van der Waals surface area contributed by atoms with E-state index in [9.17, 15) is 13.2 Å². The molecule has 0 aliphatic heterocycles. The third-order valence-corrected chi connectivity index (χ3v) is 5.75. The van der Waals surface area contributed by atoms with Crippen LogP contribution in [0.2, 0.25) is 0 Å². The number of nitrogens with two attached hydrogens (primary N) is 1. The lowest BCUT2D eigenvalue weighted by molar-refractivity contribution is 0.0596. The monoisotopic (exact) mass is 376 g/mol. The second kappa shape index (κ2) is 8.80. The quantitative estimate of drug-likeness (QED) is 0.606. The molecular weight excluding hydrogens is 352 g/mol. The number of esters is 1. The Labute approximate surface area is 149 Å². The maximum atomic E-state index is 12.6. The smallest absolute Gasteiger partial charge is 0.339 e. The molecule has 136 valence electrons. The predicted octanol–water partition coefficient (Wildman–Crippen LogP) is 2.23. The van der Waals surface area contributed by atoms with Crippen LogP contribution in [0.25, 0.3) is 0 Å². The Kier molecular flexibility index (Phi) is 7.66. The molecule has 8 heteroatoms. The average molecular weight is 377 g/mol. The lowest BCUT2D eigenvalue weighted by Gasteiger charge is -2.28. The molecule has 3 N–H and O–H groups in total. The summed E-state index contributed by atoms with van der Waals surface area (Å²) in [6.45, 7) is 0.171. The number of sulfonamides is 1. The standard InChI is InChI=1S/C16H24N2O4S.ClH/c1-22-15(19)13-8-4-5-9-14(13)23(20,21)18-12-16(17)10-6-2-3-7-11-16;/h4-5,8-9,18H,2-3,6-7,10-12,17H2,1H3;1H. The summed E-state index contributed by atoms with van der Waals surface area (Å²) in [6, 6.07) is 6.00. The van der Waals surface area contributed by atoms with Crippen LogP contribution in [0, 0.1) is 0 Å². The molecule has 0 bridgehead atoms. The highest BCUT2D eigenvalue weighted by Crippen LogP contribution is 2.25. The predicted molar refractivity (Wildman–Crippen MR) is 94.8 cm³/mol. The number of carbonyl (C=O) groups excluding carboxylic acids is 1. The Balaban J connectivity index is 0.00000288. The van der Waals surface area contributed by atoms with Crippen molar-refractivity contribution < 1.29 is 17.9 Å². The van der Waals surface area contributed by atoms with Gasteiger partial charge in [0.15, 0.2) is 0 Å². The molecule has 1 aromatic carbocycles. The van der Waals surface area contributed by atoms with Crippen LogP contribution in [-0.2, 0) is 14.8 Å². The van der Waals surface area contributed by atoms with Crippen molar-refractivity contribution in [2.75, 3.05) is 13.7 Å². The van der Waals surface area contributed by atoms with E-state index < -0.39 is 21.5 Å². The van der Waals surface area contributed by atoms with E-state index in [0.29, 0.717) is 0 Å². The minimum atomic E-state index is -3.83. The Morgan fingerprint density at radius 1 is 1.21 bits per heavy atom. The first-order chi connectivity index (χ1) is 10.9. The Morgan fingerprint density at radius 3 is 2.38 bits per heavy atom. The van der Waals surface area contributed by atoms with Gasteiger partial charge >= 0.3 is 5.97 Å². The molecule has 2 rings (SSSR count). The summed E-state index contributed by atoms with van der Waals surface area (Å²) in [5.74, 6) is -0.678. The SMILES string of the molecule is COC(=O)c1ccccc1S(=O)(=O)NCC1(N)CCCCCC1.Cl. The van der Waals surface area contributed by atoms with Gasteiger partial charge in [0.1, 0.15) is 0 Å². The van der Waals surface area contributed by atoms with Crippen LogP contribution in [0.4, 0.5) is 0 Å². The fourth-order valence-corrected chi connectivity index (χ4v) is 4.24. The van der Waals surface area contributed by atoms with Crippen LogP contribution >= 0.6 is 12.4 Å². The van der Waals surface area contributed by atoms with E-state index in [4.69, 9.17) is 5.73 Å². The maximum Gasteiger partial charge on any atom is 0.339 e. The number of rotatable bonds is 5. The summed E-state index contributed by atoms with van der Waals surface area (Å²) in [5, 5.41) is 0. The van der Waals surface area contributed by atoms with Crippen molar-refractivity contribution in [3.05, 3.63) is 29.8 Å². The fourth-order valence-electron chi connectivity index (χ4n) is 2.91. The molecule has 0 unspecified atom stereocenters. The Bertz CT molecular complexity index is 656. The van der Waals surface area contributed by atoms with Gasteiger partial charge < -0.3 is 10.5 Å². The van der Waals surface area contributed by atoms with E-state index >= 15 is 0 Å². The molecule has 6 nitrogen and oxygen atoms in total. The van der Waals surface area contributed by atoms with Gasteiger partial charge in [-0.15, -0.1) is 12.4 Å². The largest absolute Gasteiger partial charge is 0.465 e. The molecule has 0 aromatic heterocycles. The summed E-state index contributed by atoms with van der Waals surface area (Å²) >= 11 is 0. The zero-order chi connectivity index (χ0) is 16.9. The number of carbonyl (C=O) groups is 1. The molecule has 1 aromatic rings. The van der Waals surface area contributed by atoms with Gasteiger partial charge in [0.2, 0.25) is 10.0 Å². The summed E-state index contributed by atoms with van der Waals surface area (Å²) in [6.07, 6.45) is 5.89. The van der Waals surface area contributed by atoms with E-state index in [2.05, 4.69) is 9.46 Å². The lowest BCUT2D eigenvalue weighted by Crippen LogP contribution is -2.49. The number of benzene rings is 1. The van der Waals surface area contributed by atoms with Crippen LogP contribution in [0.5, 0.6) is 0 Å². The van der Waals surface area contributed by atoms with E-state index in [1.54, 1.807) is 12.1 Å². The molecule has 24 heavy (non-hydrogen) atoms. The lowest BCUT2D eigenvalue weighted by atomic mass is 9.92. The molecule has 1 aliphatic rings. The highest BCUT2D eigenvalue weighted by atomic mass is 35.5. The zero-order valence-electron chi connectivity index (χ0n) is 13.8. The van der Waals surface area contributed by atoms with Crippen LogP contribution in [-0.4, -0.2) is 33.6 Å². The van der Waals surface area contributed by atoms with E-state index in [-0.39, 0.29) is 29.4 Å². The Hall–Kier alpha value is -1.15. The van der Waals surface area contributed by atoms with E-state index in [0.717, 1.165) is 38.5 Å². The molecular formula is C16H25ClN2O4S. The van der Waals surface area contributed by atoms with Crippen LogP contribution < -0.4 is 10.5 Å². The summed E-state index contributed by atoms with van der Waals surface area (Å²) < 4.78 is 32.4. The number of ether oxygens (including phenoxy) is 1. The highest BCUT2D eigenvalue weighted by Gasteiger charge is 2.30. The van der Waals surface area contributed by atoms with Gasteiger partial charge in [-0.05, 0) is 25.0 Å². The van der Waals surface area contributed by atoms with Gasteiger partial charge in [-0.2, -0.15) is 0 Å². The van der Waals surface area contributed by atoms with Crippen LogP contribution in [0.1, 0.15) is 48.9 Å². The van der Waals surface area contributed by atoms with Crippen LogP contribution in [0.15, 0.2) is 29.2 Å². The number of methoxy groups -OCH3 is 1. The summed E-state index contributed by atoms with van der Waals surface area (Å²) in [4.78, 5) is 11.7. The molecule has 0 saturated heterocycles. The average Bonchev–Trinajstić information content (AvgIpc) is 2.78. The maximum absolute atomic E-state index is 12.6. The summed E-state index contributed by atoms with van der Waals surface area (Å²) in [7, 11) is -2.60. The first-order valence-corrected chi connectivity index (χ1v) is 9.32. The number of nitrogens with one attached hydrogen (secondary N) is 1. The Morgan fingerprint density at radius 2 is 1.79 bits per heavy atom. The first kappa shape index (κ1) is 20.9. The molecule has 1 aliphatic carbocycles. The van der Waals surface area contributed by atoms with Gasteiger partial charge in [-0.1, -0.05) is 37.8 Å². The molecule has 0 atom stereocenters. The number of hydrogen-bond donors (Lipinski definition) is 2. The van der Waals surface area contributed by atoms with Crippen molar-refractivity contribution in [1.29, 1.82) is 0 Å². The number of halogens is 1. The van der Waals surface area contributed by atoms with Crippen molar-refractivity contribution in [1.82, 2.24) is 4.72 Å². The second-order valence-electron chi connectivity index (χ2n) is 6.09. The van der Waals surface area contributed by atoms with Gasteiger partial charge in [0.05, 0.1) is 17.6 Å². The van der Waals surface area contributed by atoms with Crippen molar-refractivity contribution in [2.24, 2.45) is 5.73 Å². The first-order valence-electron chi connectivity index (χ1n) is 7.84. The molecule has 0 amide bonds.